The normalized spacial score (nSPS) is 15.9. The van der Waals surface area contributed by atoms with Gasteiger partial charge in [-0.05, 0) is 31.0 Å². The van der Waals surface area contributed by atoms with Crippen molar-refractivity contribution in [1.82, 2.24) is 19.7 Å². The number of ether oxygens (including phenoxy) is 1. The fraction of sp³-hybridized carbons (Fsp3) is 0.333. The quantitative estimate of drug-likeness (QED) is 0.637. The average Bonchev–Trinajstić information content (AvgIpc) is 3.16. The Morgan fingerprint density at radius 3 is 2.68 bits per heavy atom. The standard InChI is InChI=1S/C21H23N5O2/c1-15-13-25(18-11-9-17(12-22-18)21(27)28-2)14-20-24-23-19(26(15)20)10-8-16-6-4-3-5-7-16/h3-7,9,11-12,15H,8,10,13-14H2,1-2H3/t15-/m0/s1. The molecule has 0 saturated heterocycles. The fourth-order valence-electron chi connectivity index (χ4n) is 3.67. The van der Waals surface area contributed by atoms with E-state index in [9.17, 15) is 4.79 Å². The van der Waals surface area contributed by atoms with Gasteiger partial charge in [-0.3, -0.25) is 0 Å². The molecule has 0 saturated carbocycles. The molecule has 1 atom stereocenters. The Hall–Kier alpha value is -3.22. The van der Waals surface area contributed by atoms with Crippen molar-refractivity contribution in [1.29, 1.82) is 0 Å². The van der Waals surface area contributed by atoms with Crippen LogP contribution in [-0.2, 0) is 24.1 Å². The number of benzene rings is 1. The number of fused-ring (bicyclic) bond motifs is 1. The first kappa shape index (κ1) is 18.2. The highest BCUT2D eigenvalue weighted by atomic mass is 16.5. The van der Waals surface area contributed by atoms with Gasteiger partial charge in [0.05, 0.1) is 25.3 Å². The Bertz CT molecular complexity index is 953. The molecule has 0 unspecified atom stereocenters. The van der Waals surface area contributed by atoms with Gasteiger partial charge >= 0.3 is 5.97 Å². The van der Waals surface area contributed by atoms with Gasteiger partial charge in [-0.15, -0.1) is 10.2 Å². The molecule has 0 radical (unpaired) electrons. The number of esters is 1. The topological polar surface area (TPSA) is 73.1 Å². The van der Waals surface area contributed by atoms with E-state index in [1.165, 1.54) is 12.7 Å². The maximum atomic E-state index is 11.6. The van der Waals surface area contributed by atoms with Crippen LogP contribution < -0.4 is 4.90 Å². The number of aryl methyl sites for hydroxylation is 2. The van der Waals surface area contributed by atoms with E-state index in [2.05, 4.69) is 55.8 Å². The molecule has 7 heteroatoms. The maximum Gasteiger partial charge on any atom is 0.339 e. The molecule has 0 aliphatic carbocycles. The van der Waals surface area contributed by atoms with Crippen molar-refractivity contribution in [2.24, 2.45) is 0 Å². The molecule has 1 aromatic carbocycles. The van der Waals surface area contributed by atoms with Crippen LogP contribution in [0, 0.1) is 0 Å². The van der Waals surface area contributed by atoms with E-state index in [0.717, 1.165) is 36.9 Å². The van der Waals surface area contributed by atoms with Crippen molar-refractivity contribution >= 4 is 11.8 Å². The van der Waals surface area contributed by atoms with Crippen molar-refractivity contribution < 1.29 is 9.53 Å². The van der Waals surface area contributed by atoms with Crippen LogP contribution in [0.4, 0.5) is 5.82 Å². The van der Waals surface area contributed by atoms with E-state index in [1.54, 1.807) is 12.3 Å². The van der Waals surface area contributed by atoms with Crippen LogP contribution in [0.25, 0.3) is 0 Å². The van der Waals surface area contributed by atoms with E-state index < -0.39 is 0 Å². The number of carbonyl (C=O) groups excluding carboxylic acids is 1. The van der Waals surface area contributed by atoms with Gasteiger partial charge in [-0.1, -0.05) is 30.3 Å². The molecule has 28 heavy (non-hydrogen) atoms. The SMILES string of the molecule is COC(=O)c1ccc(N2Cc3nnc(CCc4ccccc4)n3[C@@H](C)C2)nc1. The van der Waals surface area contributed by atoms with Crippen LogP contribution in [0.15, 0.2) is 48.7 Å². The summed E-state index contributed by atoms with van der Waals surface area (Å²) >= 11 is 0. The van der Waals surface area contributed by atoms with Gasteiger partial charge in [0.25, 0.3) is 0 Å². The zero-order valence-corrected chi connectivity index (χ0v) is 16.1. The van der Waals surface area contributed by atoms with Crippen LogP contribution in [0.2, 0.25) is 0 Å². The highest BCUT2D eigenvalue weighted by Crippen LogP contribution is 2.26. The summed E-state index contributed by atoms with van der Waals surface area (Å²) in [6, 6.07) is 14.3. The minimum absolute atomic E-state index is 0.242. The molecule has 1 aliphatic rings. The summed E-state index contributed by atoms with van der Waals surface area (Å²) in [5, 5.41) is 8.87. The van der Waals surface area contributed by atoms with E-state index in [0.29, 0.717) is 12.1 Å². The molecule has 0 spiro atoms. The molecular weight excluding hydrogens is 354 g/mol. The molecule has 4 rings (SSSR count). The molecule has 3 heterocycles. The van der Waals surface area contributed by atoms with E-state index in [4.69, 9.17) is 4.74 Å². The van der Waals surface area contributed by atoms with Crippen LogP contribution in [0.5, 0.6) is 0 Å². The number of anilines is 1. The summed E-state index contributed by atoms with van der Waals surface area (Å²) in [4.78, 5) is 18.2. The molecular formula is C21H23N5O2. The number of carbonyl (C=O) groups is 1. The Labute approximate surface area is 164 Å². The highest BCUT2D eigenvalue weighted by Gasteiger charge is 2.27. The fourth-order valence-corrected chi connectivity index (χ4v) is 3.67. The van der Waals surface area contributed by atoms with Crippen LogP contribution >= 0.6 is 0 Å². The minimum Gasteiger partial charge on any atom is -0.465 e. The summed E-state index contributed by atoms with van der Waals surface area (Å²) in [5.74, 6) is 2.41. The summed E-state index contributed by atoms with van der Waals surface area (Å²) in [5.41, 5.74) is 1.75. The molecule has 144 valence electrons. The lowest BCUT2D eigenvalue weighted by molar-refractivity contribution is 0.0600. The number of nitrogens with zero attached hydrogens (tertiary/aromatic N) is 5. The van der Waals surface area contributed by atoms with Gasteiger partial charge in [0, 0.05) is 19.2 Å². The highest BCUT2D eigenvalue weighted by molar-refractivity contribution is 5.89. The van der Waals surface area contributed by atoms with Gasteiger partial charge in [0.1, 0.15) is 11.6 Å². The predicted octanol–water partition coefficient (Wildman–Crippen LogP) is 2.83. The summed E-state index contributed by atoms with van der Waals surface area (Å²) in [7, 11) is 1.37. The zero-order chi connectivity index (χ0) is 19.5. The first-order valence-electron chi connectivity index (χ1n) is 9.41. The first-order chi connectivity index (χ1) is 13.7. The van der Waals surface area contributed by atoms with Crippen molar-refractivity contribution in [2.75, 3.05) is 18.6 Å². The number of pyridine rings is 1. The number of hydrogen-bond donors (Lipinski definition) is 0. The average molecular weight is 377 g/mol. The molecule has 0 bridgehead atoms. The van der Waals surface area contributed by atoms with Crippen LogP contribution in [0.3, 0.4) is 0 Å². The minimum atomic E-state index is -0.381. The van der Waals surface area contributed by atoms with Crippen LogP contribution in [0.1, 0.15) is 40.5 Å². The van der Waals surface area contributed by atoms with Crippen molar-refractivity contribution in [2.45, 2.75) is 32.4 Å². The smallest absolute Gasteiger partial charge is 0.339 e. The largest absolute Gasteiger partial charge is 0.465 e. The second-order valence-corrected chi connectivity index (χ2v) is 7.01. The van der Waals surface area contributed by atoms with Gasteiger partial charge in [0.2, 0.25) is 0 Å². The molecule has 1 aliphatic heterocycles. The Balaban J connectivity index is 1.48. The molecule has 2 aromatic heterocycles. The number of hydrogen-bond acceptors (Lipinski definition) is 6. The molecule has 3 aromatic rings. The lowest BCUT2D eigenvalue weighted by Crippen LogP contribution is -2.37. The second-order valence-electron chi connectivity index (χ2n) is 7.01. The summed E-state index contributed by atoms with van der Waals surface area (Å²) in [6.07, 6.45) is 3.37. The van der Waals surface area contributed by atoms with Gasteiger partial charge in [-0.2, -0.15) is 0 Å². The first-order valence-corrected chi connectivity index (χ1v) is 9.41. The zero-order valence-electron chi connectivity index (χ0n) is 16.1. The third-order valence-electron chi connectivity index (χ3n) is 5.07. The lowest BCUT2D eigenvalue weighted by atomic mass is 10.1. The predicted molar refractivity (Wildman–Crippen MR) is 105 cm³/mol. The molecule has 7 nitrogen and oxygen atoms in total. The number of rotatable bonds is 5. The van der Waals surface area contributed by atoms with E-state index >= 15 is 0 Å². The third kappa shape index (κ3) is 3.60. The third-order valence-corrected chi connectivity index (χ3v) is 5.07. The summed E-state index contributed by atoms with van der Waals surface area (Å²) < 4.78 is 6.98. The van der Waals surface area contributed by atoms with E-state index in [1.807, 2.05) is 12.1 Å². The Morgan fingerprint density at radius 2 is 1.96 bits per heavy atom. The van der Waals surface area contributed by atoms with Gasteiger partial charge in [0.15, 0.2) is 5.82 Å². The van der Waals surface area contributed by atoms with Gasteiger partial charge in [-0.25, -0.2) is 9.78 Å². The number of aromatic nitrogens is 4. The van der Waals surface area contributed by atoms with Crippen molar-refractivity contribution in [3.8, 4) is 0 Å². The van der Waals surface area contributed by atoms with Gasteiger partial charge < -0.3 is 14.2 Å². The van der Waals surface area contributed by atoms with Crippen molar-refractivity contribution in [3.63, 3.8) is 0 Å². The lowest BCUT2D eigenvalue weighted by Gasteiger charge is -2.33. The van der Waals surface area contributed by atoms with Crippen LogP contribution in [-0.4, -0.2) is 39.4 Å². The number of methoxy groups -OCH3 is 1. The molecule has 0 amide bonds. The Morgan fingerprint density at radius 1 is 1.14 bits per heavy atom. The van der Waals surface area contributed by atoms with Crippen molar-refractivity contribution in [3.05, 3.63) is 71.4 Å². The molecule has 0 fully saturated rings. The Kier molecular flexibility index (Phi) is 5.06. The van der Waals surface area contributed by atoms with E-state index in [-0.39, 0.29) is 12.0 Å². The maximum absolute atomic E-state index is 11.6. The molecule has 0 N–H and O–H groups in total. The monoisotopic (exact) mass is 377 g/mol. The summed E-state index contributed by atoms with van der Waals surface area (Å²) in [6.45, 7) is 3.63. The second kappa shape index (κ2) is 7.80.